The van der Waals surface area contributed by atoms with Gasteiger partial charge in [0.2, 0.25) is 23.5 Å². The first-order valence-corrected chi connectivity index (χ1v) is 30.5. The van der Waals surface area contributed by atoms with Gasteiger partial charge in [0.1, 0.15) is 64.0 Å². The van der Waals surface area contributed by atoms with Crippen molar-refractivity contribution in [2.75, 3.05) is 63.0 Å². The van der Waals surface area contributed by atoms with Crippen molar-refractivity contribution in [3.05, 3.63) is 231 Å². The number of aromatic nitrogens is 10. The van der Waals surface area contributed by atoms with E-state index in [1.54, 1.807) is 55.1 Å². The summed E-state index contributed by atoms with van der Waals surface area (Å²) in [5.74, 6) is 4.05. The van der Waals surface area contributed by atoms with E-state index in [1.807, 2.05) is 109 Å². The number of hydrogen-bond donors (Lipinski definition) is 3. The van der Waals surface area contributed by atoms with E-state index >= 15 is 0 Å². The van der Waals surface area contributed by atoms with Crippen LogP contribution in [0.25, 0.3) is 60.0 Å². The molecule has 12 aromatic rings. The van der Waals surface area contributed by atoms with Crippen LogP contribution < -0.4 is 34.9 Å². The third-order valence-electron chi connectivity index (χ3n) is 16.4. The second-order valence-electron chi connectivity index (χ2n) is 22.9. The van der Waals surface area contributed by atoms with Crippen LogP contribution in [-0.2, 0) is 38.9 Å². The fourth-order valence-electron chi connectivity index (χ4n) is 11.8. The quantitative estimate of drug-likeness (QED) is 0.0775. The lowest BCUT2D eigenvalue weighted by Crippen LogP contribution is -2.19. The van der Waals surface area contributed by atoms with Crippen molar-refractivity contribution in [2.45, 2.75) is 59.7 Å². The number of rotatable bonds is 16. The van der Waals surface area contributed by atoms with E-state index in [0.29, 0.717) is 109 Å². The third-order valence-corrected chi connectivity index (χ3v) is 16.4. The smallest absolute Gasteiger partial charge is 0.208 e. The summed E-state index contributed by atoms with van der Waals surface area (Å²) < 4.78 is 71.6. The lowest BCUT2D eigenvalue weighted by atomic mass is 10.0. The maximum atomic E-state index is 14.6. The van der Waals surface area contributed by atoms with Crippen molar-refractivity contribution >= 4 is 46.2 Å². The standard InChI is InChI=1S/C26H28FN5O2.C23H18FN5O.C22H17FN6O/c1-17-16-32-25(30-17)21(18-4-6-19(7-5-18)33-13-11-31(2)3)14-28-26(32)29-15-22-20-10-12-34-24(20)9-8-23(22)27;1-14-13-29-22(28-14)18(15-5-3-4-6-20(15)25-2)12-27-23(29)26-11-17-16-9-10-30-21(16)8-7-19(17)24;1-13-12-29-21(28-13)17(14-7-15(24-2)9-25-8-14)10-26-22(29)27-11-18-16-5-6-30-20(16)4-3-19(18)23/h4-9,14,16H,10-13,15H2,1-3H3,(H,28,29);3-8,12-13H,9-11H2,1H3,(H,26,27);3-4,7-10,12H,5-6,11H2,1H3,(H,26,27). The molecule has 0 spiro atoms. The highest BCUT2D eigenvalue weighted by atomic mass is 19.1. The molecule has 10 heterocycles. The molecule has 23 heteroatoms. The van der Waals surface area contributed by atoms with Gasteiger partial charge >= 0.3 is 0 Å². The molecule has 0 unspecified atom stereocenters. The van der Waals surface area contributed by atoms with E-state index in [-0.39, 0.29) is 30.5 Å². The maximum Gasteiger partial charge on any atom is 0.208 e. The molecule has 3 aliphatic heterocycles. The van der Waals surface area contributed by atoms with Gasteiger partial charge in [-0.05, 0) is 106 Å². The Labute approximate surface area is 539 Å². The molecule has 0 radical (unpaired) electrons. The lowest BCUT2D eigenvalue weighted by molar-refractivity contribution is 0.261. The molecule has 0 saturated carbocycles. The molecule has 3 aliphatic rings. The Bertz CT molecular complexity index is 4940. The van der Waals surface area contributed by atoms with Crippen LogP contribution in [0.2, 0.25) is 0 Å². The summed E-state index contributed by atoms with van der Waals surface area (Å²) in [5, 5.41) is 9.79. The SMILES string of the molecule is Cc1cn2c(NCc3c(F)ccc4c3CCO4)ncc(-c3ccc(OCCN(C)C)cc3)c2n1.[C-]#[N+]c1ccccc1-c1cnc(NCc2c(F)ccc3c2CCO3)n2cc(C)nc12.[C-]#[N+]c1cncc(-c2cnc(NCc3c(F)ccc4c3CCO4)n3cc(C)nc23)c1. The lowest BCUT2D eigenvalue weighted by Gasteiger charge is -2.13. The first kappa shape index (κ1) is 61.3. The van der Waals surface area contributed by atoms with Gasteiger partial charge in [0, 0.05) is 145 Å². The summed E-state index contributed by atoms with van der Waals surface area (Å²) in [6, 6.07) is 26.5. The first-order chi connectivity index (χ1) is 45.8. The summed E-state index contributed by atoms with van der Waals surface area (Å²) in [4.78, 5) is 41.0. The number of imidazole rings is 3. The first-order valence-electron chi connectivity index (χ1n) is 30.5. The minimum atomic E-state index is -0.261. The highest BCUT2D eigenvalue weighted by Crippen LogP contribution is 2.37. The number of halogens is 3. The average molecular weight is 1260 g/mol. The predicted molar refractivity (Wildman–Crippen MR) is 353 cm³/mol. The molecule has 5 aromatic carbocycles. The van der Waals surface area contributed by atoms with Crippen molar-refractivity contribution in [1.82, 2.24) is 53.0 Å². The molecule has 0 saturated heterocycles. The zero-order valence-corrected chi connectivity index (χ0v) is 52.1. The van der Waals surface area contributed by atoms with Gasteiger partial charge in [-0.25, -0.2) is 52.8 Å². The molecule has 0 bridgehead atoms. The Hall–Kier alpha value is -11.6. The van der Waals surface area contributed by atoms with Crippen LogP contribution in [0.5, 0.6) is 23.0 Å². The summed E-state index contributed by atoms with van der Waals surface area (Å²) in [6.07, 6.45) is 16.2. The number of para-hydroxylation sites is 1. The number of ether oxygens (including phenoxy) is 4. The predicted octanol–water partition coefficient (Wildman–Crippen LogP) is 13.6. The molecule has 0 fully saturated rings. The third kappa shape index (κ3) is 12.6. The van der Waals surface area contributed by atoms with Gasteiger partial charge in [-0.3, -0.25) is 18.2 Å². The normalized spacial score (nSPS) is 12.5. The minimum absolute atomic E-state index is 0.237. The molecular weight excluding hydrogens is 1200 g/mol. The zero-order valence-electron chi connectivity index (χ0n) is 52.1. The van der Waals surface area contributed by atoms with Crippen LogP contribution in [0.3, 0.4) is 0 Å². The zero-order chi connectivity index (χ0) is 65.0. The number of hydrogen-bond acceptors (Lipinski definition) is 15. The maximum absolute atomic E-state index is 14.6. The number of anilines is 3. The van der Waals surface area contributed by atoms with E-state index in [4.69, 9.17) is 37.1 Å². The number of aryl methyl sites for hydroxylation is 3. The second kappa shape index (κ2) is 26.7. The van der Waals surface area contributed by atoms with Crippen molar-refractivity contribution in [2.24, 2.45) is 0 Å². The molecule has 0 aliphatic carbocycles. The van der Waals surface area contributed by atoms with Gasteiger partial charge in [-0.15, -0.1) is 0 Å². The van der Waals surface area contributed by atoms with E-state index in [0.717, 1.165) is 102 Å². The number of benzene rings is 5. The van der Waals surface area contributed by atoms with Crippen molar-refractivity contribution in [1.29, 1.82) is 0 Å². The van der Waals surface area contributed by atoms with Crippen LogP contribution in [0.1, 0.15) is 50.5 Å². The Morgan fingerprint density at radius 3 is 1.43 bits per heavy atom. The van der Waals surface area contributed by atoms with Crippen LogP contribution in [0, 0.1) is 51.4 Å². The molecule has 20 nitrogen and oxygen atoms in total. The number of nitrogens with one attached hydrogen (secondary N) is 3. The molecule has 3 N–H and O–H groups in total. The van der Waals surface area contributed by atoms with Crippen molar-refractivity contribution in [3.63, 3.8) is 0 Å². The Kier molecular flexibility index (Phi) is 17.4. The largest absolute Gasteiger partial charge is 0.493 e. The fraction of sp³-hybridized carbons (Fsp3) is 0.225. The molecule has 7 aromatic heterocycles. The number of fused-ring (bicyclic) bond motifs is 6. The van der Waals surface area contributed by atoms with Gasteiger partial charge in [0.25, 0.3) is 0 Å². The average Bonchev–Trinajstić information content (AvgIpc) is 1.56. The van der Waals surface area contributed by atoms with Crippen LogP contribution in [-0.4, -0.2) is 100 Å². The number of pyridine rings is 1. The second-order valence-corrected chi connectivity index (χ2v) is 22.9. The van der Waals surface area contributed by atoms with Crippen LogP contribution >= 0.6 is 0 Å². The molecule has 0 amide bonds. The van der Waals surface area contributed by atoms with E-state index < -0.39 is 0 Å². The summed E-state index contributed by atoms with van der Waals surface area (Å²) in [5.41, 5.74) is 15.3. The monoisotopic (exact) mass is 1260 g/mol. The van der Waals surface area contributed by atoms with E-state index in [9.17, 15) is 13.2 Å². The summed E-state index contributed by atoms with van der Waals surface area (Å²) in [7, 11) is 4.04. The minimum Gasteiger partial charge on any atom is -0.493 e. The fourth-order valence-corrected chi connectivity index (χ4v) is 11.8. The van der Waals surface area contributed by atoms with E-state index in [1.165, 1.54) is 24.4 Å². The number of nitrogens with zero attached hydrogens (tertiary/aromatic N) is 13. The van der Waals surface area contributed by atoms with Gasteiger partial charge in [0.15, 0.2) is 5.69 Å². The van der Waals surface area contributed by atoms with Gasteiger partial charge in [0.05, 0.1) is 50.0 Å². The Balaban J connectivity index is 0.000000128. The van der Waals surface area contributed by atoms with Gasteiger partial charge in [-0.2, -0.15) is 0 Å². The molecule has 472 valence electrons. The summed E-state index contributed by atoms with van der Waals surface area (Å²) >= 11 is 0. The van der Waals surface area contributed by atoms with Crippen molar-refractivity contribution < 1.29 is 32.1 Å². The summed E-state index contributed by atoms with van der Waals surface area (Å²) in [6.45, 7) is 24.5. The topological polar surface area (TPSA) is 188 Å². The molecule has 94 heavy (non-hydrogen) atoms. The Morgan fingerprint density at radius 1 is 0.521 bits per heavy atom. The van der Waals surface area contributed by atoms with Crippen LogP contribution in [0.15, 0.2) is 141 Å². The Morgan fingerprint density at radius 2 is 0.968 bits per heavy atom. The van der Waals surface area contributed by atoms with Gasteiger partial charge in [-0.1, -0.05) is 36.4 Å². The molecular formula is C71H63F3N16O4. The van der Waals surface area contributed by atoms with Crippen molar-refractivity contribution in [3.8, 4) is 56.4 Å². The molecule has 0 atom stereocenters. The molecule has 15 rings (SSSR count). The number of likely N-dealkylation sites (N-methyl/N-ethyl adjacent to an activating group) is 1. The van der Waals surface area contributed by atoms with E-state index in [2.05, 4.69) is 60.4 Å². The highest BCUT2D eigenvalue weighted by molar-refractivity contribution is 5.87. The van der Waals surface area contributed by atoms with Gasteiger partial charge < -0.3 is 39.8 Å². The highest BCUT2D eigenvalue weighted by Gasteiger charge is 2.24. The van der Waals surface area contributed by atoms with Crippen LogP contribution in [0.4, 0.5) is 42.4 Å².